The maximum absolute atomic E-state index is 12.5. The standard InChI is InChI=1S/C14H20N4O2.C10H9F6N/c1-10(19)16(2)13-6-15-18(9-13)14(20)17-7-11-4-3-5-12(11)8-17;1-17-5-6-4-7(9(11,12)13)2-3-8(6)10(14,15)16/h6,9,11-12H,3-5,7-8H2,1-2H3;2-4,17H,5H2,1H3. The van der Waals surface area contributed by atoms with Gasteiger partial charge in [-0.1, -0.05) is 6.42 Å². The van der Waals surface area contributed by atoms with Gasteiger partial charge in [0.15, 0.2) is 0 Å². The van der Waals surface area contributed by atoms with E-state index in [-0.39, 0.29) is 18.5 Å². The Morgan fingerprint density at radius 3 is 2.22 bits per heavy atom. The van der Waals surface area contributed by atoms with Crippen LogP contribution in [-0.2, 0) is 23.7 Å². The number of anilines is 1. The number of aromatic nitrogens is 2. The first kappa shape index (κ1) is 28.5. The van der Waals surface area contributed by atoms with E-state index < -0.39 is 29.0 Å². The average molecular weight is 534 g/mol. The van der Waals surface area contributed by atoms with Crippen molar-refractivity contribution in [3.05, 3.63) is 47.3 Å². The van der Waals surface area contributed by atoms with Crippen molar-refractivity contribution in [2.24, 2.45) is 11.8 Å². The van der Waals surface area contributed by atoms with Crippen LogP contribution >= 0.6 is 0 Å². The van der Waals surface area contributed by atoms with Crippen molar-refractivity contribution in [3.63, 3.8) is 0 Å². The summed E-state index contributed by atoms with van der Waals surface area (Å²) in [5, 5.41) is 6.50. The summed E-state index contributed by atoms with van der Waals surface area (Å²) in [4.78, 5) is 27.1. The summed E-state index contributed by atoms with van der Waals surface area (Å²) >= 11 is 0. The number of hydrogen-bond donors (Lipinski definition) is 1. The first-order chi connectivity index (χ1) is 17.2. The molecule has 2 fully saturated rings. The molecule has 2 aliphatic rings. The Hall–Kier alpha value is -3.09. The largest absolute Gasteiger partial charge is 0.416 e. The van der Waals surface area contributed by atoms with Crippen LogP contribution in [0.25, 0.3) is 0 Å². The molecule has 0 radical (unpaired) electrons. The molecule has 2 amide bonds. The quantitative estimate of drug-likeness (QED) is 0.564. The lowest BCUT2D eigenvalue weighted by Crippen LogP contribution is -2.33. The van der Waals surface area contributed by atoms with E-state index in [2.05, 4.69) is 10.4 Å². The molecule has 1 saturated heterocycles. The minimum Gasteiger partial charge on any atom is -0.322 e. The lowest BCUT2D eigenvalue weighted by atomic mass is 10.0. The zero-order valence-corrected chi connectivity index (χ0v) is 20.7. The van der Waals surface area contributed by atoms with E-state index in [0.717, 1.165) is 13.1 Å². The third-order valence-electron chi connectivity index (χ3n) is 6.73. The average Bonchev–Trinajstić information content (AvgIpc) is 3.54. The van der Waals surface area contributed by atoms with Crippen LogP contribution in [0.15, 0.2) is 30.6 Å². The van der Waals surface area contributed by atoms with Gasteiger partial charge in [-0.3, -0.25) is 4.79 Å². The molecular formula is C24H29F6N5O2. The van der Waals surface area contributed by atoms with Gasteiger partial charge in [0.2, 0.25) is 5.91 Å². The molecule has 204 valence electrons. The van der Waals surface area contributed by atoms with Crippen molar-refractivity contribution in [1.82, 2.24) is 20.0 Å². The van der Waals surface area contributed by atoms with Crippen molar-refractivity contribution >= 4 is 17.6 Å². The van der Waals surface area contributed by atoms with Crippen molar-refractivity contribution in [2.45, 2.75) is 45.1 Å². The molecule has 2 unspecified atom stereocenters. The molecule has 0 bridgehead atoms. The van der Waals surface area contributed by atoms with Crippen molar-refractivity contribution in [2.75, 3.05) is 32.1 Å². The minimum atomic E-state index is -4.66. The van der Waals surface area contributed by atoms with Gasteiger partial charge in [-0.2, -0.15) is 36.1 Å². The SMILES string of the molecule is CC(=O)N(C)c1cnn(C(=O)N2CC3CCCC3C2)c1.CNCc1cc(C(F)(F)F)ccc1C(F)(F)F. The molecule has 1 saturated carbocycles. The molecular weight excluding hydrogens is 504 g/mol. The Labute approximate surface area is 210 Å². The molecule has 37 heavy (non-hydrogen) atoms. The molecule has 0 spiro atoms. The summed E-state index contributed by atoms with van der Waals surface area (Å²) in [5.74, 6) is 1.27. The van der Waals surface area contributed by atoms with Crippen LogP contribution in [0.3, 0.4) is 0 Å². The lowest BCUT2D eigenvalue weighted by molar-refractivity contribution is -0.141. The summed E-state index contributed by atoms with van der Waals surface area (Å²) in [6.45, 7) is 2.90. The fourth-order valence-corrected chi connectivity index (χ4v) is 4.69. The predicted octanol–water partition coefficient (Wildman–Crippen LogP) is 5.01. The second-order valence-corrected chi connectivity index (χ2v) is 9.26. The second-order valence-electron chi connectivity index (χ2n) is 9.26. The van der Waals surface area contributed by atoms with E-state index in [4.69, 9.17) is 0 Å². The van der Waals surface area contributed by atoms with Gasteiger partial charge in [-0.05, 0) is 55.5 Å². The smallest absolute Gasteiger partial charge is 0.322 e. The van der Waals surface area contributed by atoms with Gasteiger partial charge < -0.3 is 15.1 Å². The van der Waals surface area contributed by atoms with Gasteiger partial charge in [-0.15, -0.1) is 0 Å². The highest BCUT2D eigenvalue weighted by atomic mass is 19.4. The van der Waals surface area contributed by atoms with Crippen molar-refractivity contribution in [1.29, 1.82) is 0 Å². The normalized spacial score (nSPS) is 19.3. The molecule has 1 aromatic carbocycles. The Morgan fingerprint density at radius 1 is 1.08 bits per heavy atom. The van der Waals surface area contributed by atoms with Gasteiger partial charge >= 0.3 is 18.4 Å². The van der Waals surface area contributed by atoms with Crippen LogP contribution in [0.2, 0.25) is 0 Å². The second kappa shape index (κ2) is 11.1. The highest BCUT2D eigenvalue weighted by Gasteiger charge is 2.39. The molecule has 1 aliphatic heterocycles. The molecule has 2 atom stereocenters. The zero-order chi connectivity index (χ0) is 27.5. The number of hydrogen-bond acceptors (Lipinski definition) is 4. The Bertz CT molecular complexity index is 1100. The first-order valence-electron chi connectivity index (χ1n) is 11.7. The molecule has 2 aromatic rings. The number of nitrogens with zero attached hydrogens (tertiary/aromatic N) is 4. The third-order valence-corrected chi connectivity index (χ3v) is 6.73. The lowest BCUT2D eigenvalue weighted by Gasteiger charge is -2.16. The van der Waals surface area contributed by atoms with Crippen molar-refractivity contribution in [3.8, 4) is 0 Å². The molecule has 2 heterocycles. The number of alkyl halides is 6. The molecule has 4 rings (SSSR count). The number of halogens is 6. The highest BCUT2D eigenvalue weighted by molar-refractivity contribution is 5.91. The van der Waals surface area contributed by atoms with E-state index >= 15 is 0 Å². The van der Waals surface area contributed by atoms with E-state index in [1.54, 1.807) is 19.4 Å². The maximum Gasteiger partial charge on any atom is 0.416 e. The van der Waals surface area contributed by atoms with Gasteiger partial charge in [0.05, 0.1) is 29.2 Å². The number of nitrogens with one attached hydrogen (secondary N) is 1. The predicted molar refractivity (Wildman–Crippen MR) is 124 cm³/mol. The summed E-state index contributed by atoms with van der Waals surface area (Å²) in [5.41, 5.74) is -1.92. The Morgan fingerprint density at radius 2 is 1.70 bits per heavy atom. The van der Waals surface area contributed by atoms with Gasteiger partial charge in [0.1, 0.15) is 0 Å². The van der Waals surface area contributed by atoms with E-state index in [1.165, 1.54) is 42.8 Å². The number of benzene rings is 1. The molecule has 1 aromatic heterocycles. The highest BCUT2D eigenvalue weighted by Crippen LogP contribution is 2.38. The van der Waals surface area contributed by atoms with Crippen LogP contribution in [-0.4, -0.2) is 53.8 Å². The zero-order valence-electron chi connectivity index (χ0n) is 20.7. The van der Waals surface area contributed by atoms with E-state index in [1.807, 2.05) is 4.90 Å². The van der Waals surface area contributed by atoms with Crippen LogP contribution < -0.4 is 10.2 Å². The number of fused-ring (bicyclic) bond motifs is 1. The molecule has 7 nitrogen and oxygen atoms in total. The number of carbonyl (C=O) groups is 2. The monoisotopic (exact) mass is 533 g/mol. The summed E-state index contributed by atoms with van der Waals surface area (Å²) in [6.07, 6.45) is -2.35. The molecule has 13 heteroatoms. The Balaban J connectivity index is 0.000000209. The number of rotatable bonds is 3. The van der Waals surface area contributed by atoms with E-state index in [0.29, 0.717) is 35.7 Å². The van der Waals surface area contributed by atoms with Gasteiger partial charge in [0, 0.05) is 33.6 Å². The van der Waals surface area contributed by atoms with Gasteiger partial charge in [0.25, 0.3) is 0 Å². The molecule has 1 N–H and O–H groups in total. The summed E-state index contributed by atoms with van der Waals surface area (Å²) in [6, 6.07) is 1.32. The van der Waals surface area contributed by atoms with E-state index in [9.17, 15) is 35.9 Å². The summed E-state index contributed by atoms with van der Waals surface area (Å²) < 4.78 is 75.8. The Kier molecular flexibility index (Phi) is 8.56. The van der Waals surface area contributed by atoms with Crippen LogP contribution in [0.5, 0.6) is 0 Å². The third kappa shape index (κ3) is 6.82. The molecule has 1 aliphatic carbocycles. The topological polar surface area (TPSA) is 70.5 Å². The number of carbonyl (C=O) groups excluding carboxylic acids is 2. The van der Waals surface area contributed by atoms with Gasteiger partial charge in [-0.25, -0.2) is 4.79 Å². The number of amides is 2. The number of likely N-dealkylation sites (tertiary alicyclic amines) is 1. The fourth-order valence-electron chi connectivity index (χ4n) is 4.69. The summed E-state index contributed by atoms with van der Waals surface area (Å²) in [7, 11) is 3.04. The fraction of sp³-hybridized carbons (Fsp3) is 0.542. The minimum absolute atomic E-state index is 0.0762. The van der Waals surface area contributed by atoms with Crippen LogP contribution in [0.4, 0.5) is 36.8 Å². The van der Waals surface area contributed by atoms with Crippen LogP contribution in [0.1, 0.15) is 42.9 Å². The maximum atomic E-state index is 12.5. The first-order valence-corrected chi connectivity index (χ1v) is 11.7. The van der Waals surface area contributed by atoms with Crippen molar-refractivity contribution < 1.29 is 35.9 Å². The van der Waals surface area contributed by atoms with Crippen LogP contribution in [0, 0.1) is 11.8 Å².